The van der Waals surface area contributed by atoms with Gasteiger partial charge in [-0.25, -0.2) is 4.68 Å². The van der Waals surface area contributed by atoms with Crippen molar-refractivity contribution in [1.29, 1.82) is 0 Å². The Labute approximate surface area is 153 Å². The smallest absolute Gasteiger partial charge is 0.228 e. The molecule has 6 heteroatoms. The number of amides is 1. The number of nitrogens with one attached hydrogen (secondary N) is 1. The van der Waals surface area contributed by atoms with Crippen LogP contribution in [0.1, 0.15) is 38.5 Å². The number of nitrogens with zero attached hydrogens (tertiary/aromatic N) is 2. The molecule has 1 aromatic carbocycles. The fourth-order valence-electron chi connectivity index (χ4n) is 3.31. The molecule has 0 unspecified atom stereocenters. The molecule has 0 atom stereocenters. The average Bonchev–Trinajstić information content (AvgIpc) is 2.83. The Hall–Kier alpha value is -1.85. The van der Waals surface area contributed by atoms with E-state index in [1.165, 1.54) is 12.8 Å². The lowest BCUT2D eigenvalue weighted by Gasteiger charge is -2.14. The second kappa shape index (κ2) is 8.50. The zero-order valence-electron chi connectivity index (χ0n) is 14.2. The van der Waals surface area contributed by atoms with Crippen molar-refractivity contribution >= 4 is 23.3 Å². The molecule has 5 nitrogen and oxygen atoms in total. The van der Waals surface area contributed by atoms with E-state index in [0.717, 1.165) is 36.9 Å². The number of hydrogen-bond donors (Lipinski definition) is 2. The molecule has 134 valence electrons. The van der Waals surface area contributed by atoms with E-state index < -0.39 is 0 Å². The van der Waals surface area contributed by atoms with Crippen LogP contribution in [0.15, 0.2) is 30.3 Å². The number of carbonyl (C=O) groups excluding carboxylic acids is 1. The molecule has 0 aliphatic heterocycles. The van der Waals surface area contributed by atoms with Crippen LogP contribution in [0.3, 0.4) is 0 Å². The van der Waals surface area contributed by atoms with Gasteiger partial charge in [-0.2, -0.15) is 5.10 Å². The third kappa shape index (κ3) is 4.61. The predicted octanol–water partition coefficient (Wildman–Crippen LogP) is 4.10. The van der Waals surface area contributed by atoms with Gasteiger partial charge in [0.05, 0.1) is 18.8 Å². The van der Waals surface area contributed by atoms with Crippen molar-refractivity contribution in [3.63, 3.8) is 0 Å². The summed E-state index contributed by atoms with van der Waals surface area (Å²) in [6.45, 7) is 0.307. The quantitative estimate of drug-likeness (QED) is 0.788. The normalized spacial score (nSPS) is 15.8. The van der Waals surface area contributed by atoms with Gasteiger partial charge in [0.2, 0.25) is 5.91 Å². The van der Waals surface area contributed by atoms with Gasteiger partial charge in [-0.3, -0.25) is 4.79 Å². The highest BCUT2D eigenvalue weighted by atomic mass is 35.5. The van der Waals surface area contributed by atoms with Crippen LogP contribution in [0.25, 0.3) is 11.3 Å². The summed E-state index contributed by atoms with van der Waals surface area (Å²) in [4.78, 5) is 12.6. The largest absolute Gasteiger partial charge is 0.394 e. The van der Waals surface area contributed by atoms with E-state index in [-0.39, 0.29) is 18.4 Å². The summed E-state index contributed by atoms with van der Waals surface area (Å²) in [6.07, 6.45) is 6.56. The molecule has 0 bridgehead atoms. The summed E-state index contributed by atoms with van der Waals surface area (Å²) in [6, 6.07) is 9.26. The van der Waals surface area contributed by atoms with Gasteiger partial charge in [-0.15, -0.1) is 0 Å². The van der Waals surface area contributed by atoms with Crippen molar-refractivity contribution < 1.29 is 9.90 Å². The standard InChI is InChI=1S/C19H24ClN3O2/c20-16-9-7-14(8-10-16)17-13-18(23(22-17)11-12-24)21-19(25)15-5-3-1-2-4-6-15/h7-10,13,15,24H,1-6,11-12H2,(H,21,25). The topological polar surface area (TPSA) is 67.2 Å². The molecular weight excluding hydrogens is 338 g/mol. The number of anilines is 1. The van der Waals surface area contributed by atoms with Gasteiger partial charge in [0.15, 0.2) is 0 Å². The van der Waals surface area contributed by atoms with Crippen LogP contribution in [0.2, 0.25) is 5.02 Å². The van der Waals surface area contributed by atoms with E-state index in [9.17, 15) is 9.90 Å². The summed E-state index contributed by atoms with van der Waals surface area (Å²) < 4.78 is 1.65. The first-order valence-corrected chi connectivity index (χ1v) is 9.30. The van der Waals surface area contributed by atoms with Crippen LogP contribution in [-0.2, 0) is 11.3 Å². The van der Waals surface area contributed by atoms with E-state index in [2.05, 4.69) is 10.4 Å². The zero-order chi connectivity index (χ0) is 17.6. The molecule has 3 rings (SSSR count). The summed E-state index contributed by atoms with van der Waals surface area (Å²) in [5, 5.41) is 17.5. The van der Waals surface area contributed by atoms with Gasteiger partial charge in [-0.05, 0) is 25.0 Å². The first-order valence-electron chi connectivity index (χ1n) is 8.93. The molecule has 1 fully saturated rings. The number of halogens is 1. The molecule has 0 radical (unpaired) electrons. The molecule has 1 aliphatic rings. The van der Waals surface area contributed by atoms with Crippen LogP contribution < -0.4 is 5.32 Å². The molecule has 1 heterocycles. The number of carbonyl (C=O) groups is 1. The Kier molecular flexibility index (Phi) is 6.10. The molecule has 0 spiro atoms. The number of rotatable bonds is 5. The highest BCUT2D eigenvalue weighted by molar-refractivity contribution is 6.30. The molecular formula is C19H24ClN3O2. The minimum atomic E-state index is -0.0337. The molecule has 1 aromatic heterocycles. The maximum absolute atomic E-state index is 12.6. The molecule has 2 aromatic rings. The van der Waals surface area contributed by atoms with Crippen LogP contribution >= 0.6 is 11.6 Å². The van der Waals surface area contributed by atoms with E-state index in [1.807, 2.05) is 30.3 Å². The summed E-state index contributed by atoms with van der Waals surface area (Å²) in [7, 11) is 0. The number of aromatic nitrogens is 2. The molecule has 1 saturated carbocycles. The minimum absolute atomic E-state index is 0.0337. The van der Waals surface area contributed by atoms with Crippen molar-refractivity contribution in [2.75, 3.05) is 11.9 Å². The first kappa shape index (κ1) is 18.0. The Bertz CT molecular complexity index is 704. The lowest BCUT2D eigenvalue weighted by Crippen LogP contribution is -2.24. The maximum atomic E-state index is 12.6. The fourth-order valence-corrected chi connectivity index (χ4v) is 3.44. The molecule has 1 amide bonds. The van der Waals surface area contributed by atoms with Crippen LogP contribution in [0, 0.1) is 5.92 Å². The Morgan fingerprint density at radius 1 is 1.20 bits per heavy atom. The summed E-state index contributed by atoms with van der Waals surface area (Å²) in [5.41, 5.74) is 1.67. The monoisotopic (exact) mass is 361 g/mol. The van der Waals surface area contributed by atoms with Gasteiger partial charge >= 0.3 is 0 Å². The van der Waals surface area contributed by atoms with Crippen molar-refractivity contribution in [2.24, 2.45) is 5.92 Å². The molecule has 2 N–H and O–H groups in total. The van der Waals surface area contributed by atoms with Gasteiger partial charge in [-0.1, -0.05) is 49.4 Å². The van der Waals surface area contributed by atoms with Crippen LogP contribution in [-0.4, -0.2) is 27.4 Å². The Morgan fingerprint density at radius 2 is 1.88 bits per heavy atom. The van der Waals surface area contributed by atoms with E-state index in [4.69, 9.17) is 11.6 Å². The average molecular weight is 362 g/mol. The Morgan fingerprint density at radius 3 is 2.52 bits per heavy atom. The molecule has 25 heavy (non-hydrogen) atoms. The van der Waals surface area contributed by atoms with E-state index in [0.29, 0.717) is 17.4 Å². The number of hydrogen-bond acceptors (Lipinski definition) is 3. The summed E-state index contributed by atoms with van der Waals surface area (Å²) in [5.74, 6) is 0.760. The van der Waals surface area contributed by atoms with Gasteiger partial charge in [0.25, 0.3) is 0 Å². The number of aliphatic hydroxyl groups excluding tert-OH is 1. The van der Waals surface area contributed by atoms with Crippen LogP contribution in [0.4, 0.5) is 5.82 Å². The highest BCUT2D eigenvalue weighted by Gasteiger charge is 2.21. The SMILES string of the molecule is O=C(Nc1cc(-c2ccc(Cl)cc2)nn1CCO)C1CCCCCC1. The fraction of sp³-hybridized carbons (Fsp3) is 0.474. The zero-order valence-corrected chi connectivity index (χ0v) is 15.0. The molecule has 0 saturated heterocycles. The lowest BCUT2D eigenvalue weighted by molar-refractivity contribution is -0.120. The summed E-state index contributed by atoms with van der Waals surface area (Å²) >= 11 is 5.94. The van der Waals surface area contributed by atoms with Crippen LogP contribution in [0.5, 0.6) is 0 Å². The van der Waals surface area contributed by atoms with Gasteiger partial charge in [0, 0.05) is 22.6 Å². The highest BCUT2D eigenvalue weighted by Crippen LogP contribution is 2.27. The second-order valence-electron chi connectivity index (χ2n) is 6.55. The van der Waals surface area contributed by atoms with E-state index >= 15 is 0 Å². The minimum Gasteiger partial charge on any atom is -0.394 e. The Balaban J connectivity index is 1.79. The van der Waals surface area contributed by atoms with E-state index in [1.54, 1.807) is 4.68 Å². The van der Waals surface area contributed by atoms with Crippen molar-refractivity contribution in [2.45, 2.75) is 45.1 Å². The van der Waals surface area contributed by atoms with Crippen molar-refractivity contribution in [1.82, 2.24) is 9.78 Å². The first-order chi connectivity index (χ1) is 12.2. The maximum Gasteiger partial charge on any atom is 0.228 e. The molecule has 1 aliphatic carbocycles. The third-order valence-corrected chi connectivity index (χ3v) is 4.96. The second-order valence-corrected chi connectivity index (χ2v) is 6.98. The van der Waals surface area contributed by atoms with Crippen molar-refractivity contribution in [3.05, 3.63) is 35.4 Å². The third-order valence-electron chi connectivity index (χ3n) is 4.71. The number of aliphatic hydroxyl groups is 1. The van der Waals surface area contributed by atoms with Crippen molar-refractivity contribution in [3.8, 4) is 11.3 Å². The predicted molar refractivity (Wildman–Crippen MR) is 99.6 cm³/mol. The number of benzene rings is 1. The van der Waals surface area contributed by atoms with Gasteiger partial charge in [0.1, 0.15) is 5.82 Å². The lowest BCUT2D eigenvalue weighted by atomic mass is 9.99. The van der Waals surface area contributed by atoms with Gasteiger partial charge < -0.3 is 10.4 Å².